The Morgan fingerprint density at radius 3 is 2.81 bits per heavy atom. The second kappa shape index (κ2) is 8.30. The Balaban J connectivity index is 1.75. The number of piperidine rings is 1. The van der Waals surface area contributed by atoms with Crippen LogP contribution in [0.1, 0.15) is 44.9 Å². The lowest BCUT2D eigenvalue weighted by Gasteiger charge is -2.32. The Kier molecular flexibility index (Phi) is 6.40. The van der Waals surface area contributed by atoms with E-state index in [1.54, 1.807) is 0 Å². The largest absolute Gasteiger partial charge is 0.308 e. The van der Waals surface area contributed by atoms with Crippen molar-refractivity contribution in [2.75, 3.05) is 19.6 Å². The van der Waals surface area contributed by atoms with E-state index in [1.165, 1.54) is 42.8 Å². The summed E-state index contributed by atoms with van der Waals surface area (Å²) < 4.78 is 0. The van der Waals surface area contributed by atoms with Crippen molar-refractivity contribution in [3.05, 3.63) is 41.2 Å². The zero-order valence-electron chi connectivity index (χ0n) is 13.7. The van der Waals surface area contributed by atoms with E-state index in [0.29, 0.717) is 6.04 Å². The monoisotopic (exact) mass is 287 g/mol. The summed E-state index contributed by atoms with van der Waals surface area (Å²) in [7, 11) is 0. The maximum atomic E-state index is 4.52. The summed E-state index contributed by atoms with van der Waals surface area (Å²) in [6, 6.07) is 4.86. The molecule has 1 aromatic rings. The third kappa shape index (κ3) is 5.25. The van der Waals surface area contributed by atoms with Crippen LogP contribution in [-0.4, -0.2) is 35.6 Å². The molecule has 1 aliphatic rings. The molecule has 0 unspecified atom stereocenters. The van der Waals surface area contributed by atoms with Gasteiger partial charge in [0.05, 0.1) is 5.69 Å². The van der Waals surface area contributed by atoms with Gasteiger partial charge in [-0.05, 0) is 57.8 Å². The second-order valence-corrected chi connectivity index (χ2v) is 6.20. The number of hydrogen-bond donors (Lipinski definition) is 1. The molecule has 1 saturated heterocycles. The number of nitrogens with zero attached hydrogens (tertiary/aromatic N) is 2. The van der Waals surface area contributed by atoms with Crippen LogP contribution in [0.15, 0.2) is 30.0 Å². The summed E-state index contributed by atoms with van der Waals surface area (Å²) >= 11 is 0. The molecular weight excluding hydrogens is 258 g/mol. The fourth-order valence-electron chi connectivity index (χ4n) is 2.82. The highest BCUT2D eigenvalue weighted by molar-refractivity contribution is 5.19. The summed E-state index contributed by atoms with van der Waals surface area (Å²) in [5.74, 6) is 0. The van der Waals surface area contributed by atoms with Gasteiger partial charge in [-0.15, -0.1) is 0 Å². The van der Waals surface area contributed by atoms with Gasteiger partial charge in [0.25, 0.3) is 0 Å². The molecule has 0 aromatic carbocycles. The SMILES string of the molecule is CCc1cccnc1CNC1CCN(CC=C(C)C)CC1. The maximum absolute atomic E-state index is 4.52. The Morgan fingerprint density at radius 1 is 1.38 bits per heavy atom. The highest BCUT2D eigenvalue weighted by atomic mass is 15.1. The Hall–Kier alpha value is -1.19. The van der Waals surface area contributed by atoms with Crippen LogP contribution >= 0.6 is 0 Å². The molecule has 0 spiro atoms. The van der Waals surface area contributed by atoms with Crippen molar-refractivity contribution in [3.63, 3.8) is 0 Å². The average molecular weight is 287 g/mol. The number of aromatic nitrogens is 1. The molecule has 0 aliphatic carbocycles. The first kappa shape index (κ1) is 16.2. The third-order valence-corrected chi connectivity index (χ3v) is 4.27. The van der Waals surface area contributed by atoms with E-state index in [1.807, 2.05) is 12.3 Å². The maximum Gasteiger partial charge on any atom is 0.0573 e. The number of nitrogens with one attached hydrogen (secondary N) is 1. The average Bonchev–Trinajstić information content (AvgIpc) is 2.52. The molecule has 0 radical (unpaired) electrons. The van der Waals surface area contributed by atoms with Crippen LogP contribution in [0.5, 0.6) is 0 Å². The topological polar surface area (TPSA) is 28.2 Å². The summed E-state index contributed by atoms with van der Waals surface area (Å²) in [5.41, 5.74) is 4.00. The first-order valence-corrected chi connectivity index (χ1v) is 8.21. The first-order chi connectivity index (χ1) is 10.2. The van der Waals surface area contributed by atoms with Crippen LogP contribution in [0.25, 0.3) is 0 Å². The third-order valence-electron chi connectivity index (χ3n) is 4.27. The van der Waals surface area contributed by atoms with E-state index in [4.69, 9.17) is 0 Å². The summed E-state index contributed by atoms with van der Waals surface area (Å²) in [5, 5.41) is 3.69. The van der Waals surface area contributed by atoms with Gasteiger partial charge in [0, 0.05) is 25.3 Å². The van der Waals surface area contributed by atoms with E-state index in [2.05, 4.69) is 48.1 Å². The number of likely N-dealkylation sites (tertiary alicyclic amines) is 1. The highest BCUT2D eigenvalue weighted by Gasteiger charge is 2.18. The first-order valence-electron chi connectivity index (χ1n) is 8.21. The quantitative estimate of drug-likeness (QED) is 0.815. The summed E-state index contributed by atoms with van der Waals surface area (Å²) in [6.07, 6.45) is 7.77. The van der Waals surface area contributed by atoms with Crippen molar-refractivity contribution in [1.29, 1.82) is 0 Å². The number of aryl methyl sites for hydroxylation is 1. The molecule has 0 saturated carbocycles. The van der Waals surface area contributed by atoms with Crippen molar-refractivity contribution < 1.29 is 0 Å². The van der Waals surface area contributed by atoms with E-state index in [0.717, 1.165) is 19.5 Å². The molecule has 3 nitrogen and oxygen atoms in total. The lowest BCUT2D eigenvalue weighted by Crippen LogP contribution is -2.42. The van der Waals surface area contributed by atoms with Crippen molar-refractivity contribution in [2.45, 2.75) is 52.6 Å². The standard InChI is InChI=1S/C18H29N3/c1-4-16-6-5-10-19-18(16)14-20-17-8-12-21(13-9-17)11-7-15(2)3/h5-7,10,17,20H,4,8-9,11-14H2,1-3H3. The molecule has 1 N–H and O–H groups in total. The molecule has 1 aliphatic heterocycles. The number of rotatable bonds is 6. The Morgan fingerprint density at radius 2 is 2.14 bits per heavy atom. The number of hydrogen-bond acceptors (Lipinski definition) is 3. The van der Waals surface area contributed by atoms with Crippen molar-refractivity contribution in [1.82, 2.24) is 15.2 Å². The van der Waals surface area contributed by atoms with E-state index in [9.17, 15) is 0 Å². The number of allylic oxidation sites excluding steroid dienone is 1. The van der Waals surface area contributed by atoms with Gasteiger partial charge in [0.2, 0.25) is 0 Å². The van der Waals surface area contributed by atoms with Crippen molar-refractivity contribution in [2.24, 2.45) is 0 Å². The van der Waals surface area contributed by atoms with Crippen molar-refractivity contribution in [3.8, 4) is 0 Å². The zero-order valence-corrected chi connectivity index (χ0v) is 13.7. The van der Waals surface area contributed by atoms with Crippen LogP contribution in [-0.2, 0) is 13.0 Å². The molecule has 116 valence electrons. The summed E-state index contributed by atoms with van der Waals surface area (Å²) in [4.78, 5) is 7.06. The smallest absolute Gasteiger partial charge is 0.0573 e. The van der Waals surface area contributed by atoms with Gasteiger partial charge in [-0.3, -0.25) is 9.88 Å². The van der Waals surface area contributed by atoms with Gasteiger partial charge in [0.15, 0.2) is 0 Å². The molecule has 2 heterocycles. The van der Waals surface area contributed by atoms with Gasteiger partial charge < -0.3 is 5.32 Å². The Labute approximate surface area is 129 Å². The van der Waals surface area contributed by atoms with Crippen molar-refractivity contribution >= 4 is 0 Å². The fourth-order valence-corrected chi connectivity index (χ4v) is 2.82. The zero-order chi connectivity index (χ0) is 15.1. The van der Waals surface area contributed by atoms with Crippen LogP contribution in [0.3, 0.4) is 0 Å². The number of pyridine rings is 1. The van der Waals surface area contributed by atoms with E-state index < -0.39 is 0 Å². The highest BCUT2D eigenvalue weighted by Crippen LogP contribution is 2.12. The van der Waals surface area contributed by atoms with Gasteiger partial charge in [-0.25, -0.2) is 0 Å². The van der Waals surface area contributed by atoms with Gasteiger partial charge >= 0.3 is 0 Å². The van der Waals surface area contributed by atoms with Gasteiger partial charge in [-0.1, -0.05) is 24.6 Å². The molecule has 1 aromatic heterocycles. The van der Waals surface area contributed by atoms with Gasteiger partial charge in [0.1, 0.15) is 0 Å². The van der Waals surface area contributed by atoms with Crippen LogP contribution in [0.2, 0.25) is 0 Å². The minimum Gasteiger partial charge on any atom is -0.308 e. The molecule has 21 heavy (non-hydrogen) atoms. The Bertz CT molecular complexity index is 455. The normalized spacial score (nSPS) is 16.9. The van der Waals surface area contributed by atoms with Crippen LogP contribution in [0, 0.1) is 0 Å². The van der Waals surface area contributed by atoms with Crippen LogP contribution < -0.4 is 5.32 Å². The molecule has 0 bridgehead atoms. The molecular formula is C18H29N3. The second-order valence-electron chi connectivity index (χ2n) is 6.20. The van der Waals surface area contributed by atoms with Crippen LogP contribution in [0.4, 0.5) is 0 Å². The lowest BCUT2D eigenvalue weighted by atomic mass is 10.0. The summed E-state index contributed by atoms with van der Waals surface area (Å²) in [6.45, 7) is 11.0. The predicted octanol–water partition coefficient (Wildman–Crippen LogP) is 3.16. The molecule has 2 rings (SSSR count). The van der Waals surface area contributed by atoms with Gasteiger partial charge in [-0.2, -0.15) is 0 Å². The molecule has 1 fully saturated rings. The van der Waals surface area contributed by atoms with E-state index in [-0.39, 0.29) is 0 Å². The molecule has 0 amide bonds. The predicted molar refractivity (Wildman–Crippen MR) is 89.3 cm³/mol. The minimum atomic E-state index is 0.639. The molecule has 3 heteroatoms. The lowest BCUT2D eigenvalue weighted by molar-refractivity contribution is 0.214. The fraction of sp³-hybridized carbons (Fsp3) is 0.611. The minimum absolute atomic E-state index is 0.639. The molecule has 0 atom stereocenters. The van der Waals surface area contributed by atoms with E-state index >= 15 is 0 Å².